The van der Waals surface area contributed by atoms with E-state index in [9.17, 15) is 14.0 Å². The minimum atomic E-state index is -0.601. The predicted molar refractivity (Wildman–Crippen MR) is 130 cm³/mol. The molecule has 0 bridgehead atoms. The molecule has 0 radical (unpaired) electrons. The Morgan fingerprint density at radius 3 is 2.44 bits per heavy atom. The first-order valence-corrected chi connectivity index (χ1v) is 11.6. The molecule has 10 heteroatoms. The lowest BCUT2D eigenvalue weighted by Crippen LogP contribution is -2.45. The molecule has 0 spiro atoms. The number of pyridine rings is 1. The lowest BCUT2D eigenvalue weighted by Gasteiger charge is -2.29. The first-order valence-electron chi connectivity index (χ1n) is 10.9. The molecule has 2 aromatic carbocycles. The van der Waals surface area contributed by atoms with Crippen molar-refractivity contribution in [3.63, 3.8) is 0 Å². The van der Waals surface area contributed by atoms with Gasteiger partial charge in [0.25, 0.3) is 5.91 Å². The molecule has 0 unspecified atom stereocenters. The van der Waals surface area contributed by atoms with Gasteiger partial charge in [-0.2, -0.15) is 0 Å². The summed E-state index contributed by atoms with van der Waals surface area (Å²) in [7, 11) is 0. The Labute approximate surface area is 206 Å². The van der Waals surface area contributed by atoms with Crippen molar-refractivity contribution in [3.05, 3.63) is 64.4 Å². The topological polar surface area (TPSA) is 92.4 Å². The number of ether oxygens (including phenoxy) is 1. The number of carbonyl (C=O) groups is 2. The van der Waals surface area contributed by atoms with Crippen LogP contribution in [-0.4, -0.2) is 35.6 Å². The molecule has 1 aliphatic carbocycles. The first-order chi connectivity index (χ1) is 16.4. The molecule has 3 aromatic rings. The fourth-order valence-electron chi connectivity index (χ4n) is 3.87. The summed E-state index contributed by atoms with van der Waals surface area (Å²) in [6.45, 7) is -0.216. The summed E-state index contributed by atoms with van der Waals surface area (Å²) in [6.07, 6.45) is 2.90. The number of anilines is 1. The highest BCUT2D eigenvalue weighted by atomic mass is 35.5. The van der Waals surface area contributed by atoms with Crippen LogP contribution < -0.4 is 20.7 Å². The average Bonchev–Trinajstić information content (AvgIpc) is 2.81. The molecule has 4 rings (SSSR count). The number of hydrogen-bond acceptors (Lipinski definition) is 4. The van der Waals surface area contributed by atoms with Crippen LogP contribution >= 0.6 is 23.2 Å². The number of rotatable bonds is 6. The minimum Gasteiger partial charge on any atom is -0.484 e. The van der Waals surface area contributed by atoms with E-state index in [-0.39, 0.29) is 41.4 Å². The lowest BCUT2D eigenvalue weighted by molar-refractivity contribution is -0.124. The Morgan fingerprint density at radius 2 is 1.71 bits per heavy atom. The van der Waals surface area contributed by atoms with Gasteiger partial charge in [-0.15, -0.1) is 0 Å². The predicted octanol–water partition coefficient (Wildman–Crippen LogP) is 5.31. The van der Waals surface area contributed by atoms with Gasteiger partial charge >= 0.3 is 6.03 Å². The van der Waals surface area contributed by atoms with Gasteiger partial charge in [0.1, 0.15) is 17.4 Å². The van der Waals surface area contributed by atoms with Crippen LogP contribution in [0, 0.1) is 5.82 Å². The van der Waals surface area contributed by atoms with E-state index in [0.717, 1.165) is 42.7 Å². The van der Waals surface area contributed by atoms with E-state index < -0.39 is 5.82 Å². The zero-order valence-electron chi connectivity index (χ0n) is 18.1. The van der Waals surface area contributed by atoms with Gasteiger partial charge in [0.15, 0.2) is 6.61 Å². The van der Waals surface area contributed by atoms with Crippen LogP contribution in [0.25, 0.3) is 10.9 Å². The second kappa shape index (κ2) is 10.9. The summed E-state index contributed by atoms with van der Waals surface area (Å²) in [5, 5.41) is 10.2. The fraction of sp³-hybridized carbons (Fsp3) is 0.292. The molecule has 34 heavy (non-hydrogen) atoms. The maximum atomic E-state index is 13.4. The molecule has 178 valence electrons. The van der Waals surface area contributed by atoms with Crippen molar-refractivity contribution in [2.75, 3.05) is 11.9 Å². The molecule has 1 saturated carbocycles. The van der Waals surface area contributed by atoms with E-state index in [4.69, 9.17) is 27.9 Å². The average molecular weight is 505 g/mol. The number of aromatic nitrogens is 1. The number of urea groups is 1. The highest BCUT2D eigenvalue weighted by Crippen LogP contribution is 2.22. The van der Waals surface area contributed by atoms with Gasteiger partial charge in [-0.05, 0) is 68.1 Å². The van der Waals surface area contributed by atoms with Crippen molar-refractivity contribution in [2.24, 2.45) is 0 Å². The molecule has 0 saturated heterocycles. The summed E-state index contributed by atoms with van der Waals surface area (Å²) in [6, 6.07) is 12.6. The first kappa shape index (κ1) is 24.0. The molecular weight excluding hydrogens is 482 g/mol. The van der Waals surface area contributed by atoms with Crippen molar-refractivity contribution in [1.82, 2.24) is 15.6 Å². The smallest absolute Gasteiger partial charge is 0.320 e. The Balaban J connectivity index is 1.18. The number of carbonyl (C=O) groups excluding carboxylic acids is 2. The van der Waals surface area contributed by atoms with Crippen LogP contribution in [-0.2, 0) is 4.79 Å². The van der Waals surface area contributed by atoms with E-state index in [1.165, 1.54) is 12.1 Å². The van der Waals surface area contributed by atoms with Gasteiger partial charge in [0.2, 0.25) is 0 Å². The van der Waals surface area contributed by atoms with E-state index in [1.807, 2.05) is 12.1 Å². The quantitative estimate of drug-likeness (QED) is 0.424. The maximum Gasteiger partial charge on any atom is 0.320 e. The molecule has 1 heterocycles. The number of halogens is 3. The Morgan fingerprint density at radius 1 is 0.971 bits per heavy atom. The van der Waals surface area contributed by atoms with Gasteiger partial charge in [-0.1, -0.05) is 23.2 Å². The summed E-state index contributed by atoms with van der Waals surface area (Å²) < 4.78 is 18.8. The van der Waals surface area contributed by atoms with E-state index >= 15 is 0 Å². The number of fused-ring (bicyclic) bond motifs is 1. The molecule has 7 nitrogen and oxygen atoms in total. The van der Waals surface area contributed by atoms with Crippen LogP contribution in [0.3, 0.4) is 0 Å². The fourth-order valence-corrected chi connectivity index (χ4v) is 4.17. The zero-order chi connectivity index (χ0) is 24.1. The standard InChI is InChI=1S/C24H23Cl2FN4O3/c25-15-2-9-21-14(11-15)1-10-22(30-21)31-24(33)29-17-5-3-16(4-6-17)28-23(32)13-34-18-7-8-19(26)20(27)12-18/h1-2,7-12,16-17H,3-6,13H2,(H,28,32)(H2,29,30,31,33)/t16-,17-. The summed E-state index contributed by atoms with van der Waals surface area (Å²) in [4.78, 5) is 29.0. The Bertz CT molecular complexity index is 1200. The maximum absolute atomic E-state index is 13.4. The number of nitrogens with one attached hydrogen (secondary N) is 3. The highest BCUT2D eigenvalue weighted by Gasteiger charge is 2.24. The second-order valence-electron chi connectivity index (χ2n) is 8.11. The third-order valence-electron chi connectivity index (χ3n) is 5.58. The third-order valence-corrected chi connectivity index (χ3v) is 6.12. The monoisotopic (exact) mass is 504 g/mol. The number of hydrogen-bond donors (Lipinski definition) is 3. The number of benzene rings is 2. The molecule has 0 atom stereocenters. The van der Waals surface area contributed by atoms with Crippen molar-refractivity contribution >= 4 is 51.9 Å². The molecular formula is C24H23Cl2FN4O3. The van der Waals surface area contributed by atoms with Gasteiger partial charge in [-0.3, -0.25) is 10.1 Å². The van der Waals surface area contributed by atoms with Crippen LogP contribution in [0.4, 0.5) is 15.0 Å². The summed E-state index contributed by atoms with van der Waals surface area (Å²) in [5.41, 5.74) is 0.739. The molecule has 3 amide bonds. The second-order valence-corrected chi connectivity index (χ2v) is 8.96. The Kier molecular flexibility index (Phi) is 7.70. The molecule has 0 aliphatic heterocycles. The molecule has 1 aliphatic rings. The van der Waals surface area contributed by atoms with Gasteiger partial charge in [0, 0.05) is 28.6 Å². The normalized spacial score (nSPS) is 17.7. The minimum absolute atomic E-state index is 0.000655. The van der Waals surface area contributed by atoms with E-state index in [0.29, 0.717) is 10.8 Å². The summed E-state index contributed by atoms with van der Waals surface area (Å²) in [5.74, 6) is -0.196. The lowest BCUT2D eigenvalue weighted by atomic mass is 9.91. The van der Waals surface area contributed by atoms with Crippen LogP contribution in [0.5, 0.6) is 5.75 Å². The molecule has 1 aromatic heterocycles. The van der Waals surface area contributed by atoms with Gasteiger partial charge in [0.05, 0.1) is 10.5 Å². The SMILES string of the molecule is O=C(COc1ccc(Cl)c(F)c1)N[C@H]1CC[C@H](NC(=O)Nc2ccc3cc(Cl)ccc3n2)CC1. The van der Waals surface area contributed by atoms with Crippen LogP contribution in [0.1, 0.15) is 25.7 Å². The van der Waals surface area contributed by atoms with Crippen LogP contribution in [0.15, 0.2) is 48.5 Å². The molecule has 3 N–H and O–H groups in total. The largest absolute Gasteiger partial charge is 0.484 e. The van der Waals surface area contributed by atoms with E-state index in [1.54, 1.807) is 18.2 Å². The zero-order valence-corrected chi connectivity index (χ0v) is 19.6. The number of amides is 3. The van der Waals surface area contributed by atoms with Crippen molar-refractivity contribution in [3.8, 4) is 5.75 Å². The number of nitrogens with zero attached hydrogens (tertiary/aromatic N) is 1. The Hall–Kier alpha value is -3.10. The van der Waals surface area contributed by atoms with Gasteiger partial charge < -0.3 is 15.4 Å². The van der Waals surface area contributed by atoms with Crippen molar-refractivity contribution in [2.45, 2.75) is 37.8 Å². The highest BCUT2D eigenvalue weighted by molar-refractivity contribution is 6.31. The van der Waals surface area contributed by atoms with E-state index in [2.05, 4.69) is 20.9 Å². The van der Waals surface area contributed by atoms with Gasteiger partial charge in [-0.25, -0.2) is 14.2 Å². The third kappa shape index (κ3) is 6.48. The summed E-state index contributed by atoms with van der Waals surface area (Å²) >= 11 is 11.6. The molecule has 1 fully saturated rings. The van der Waals surface area contributed by atoms with Crippen molar-refractivity contribution in [1.29, 1.82) is 0 Å². The van der Waals surface area contributed by atoms with Crippen LogP contribution in [0.2, 0.25) is 10.0 Å². The van der Waals surface area contributed by atoms with Crippen molar-refractivity contribution < 1.29 is 18.7 Å².